The zero-order valence-corrected chi connectivity index (χ0v) is 15.6. The lowest BCUT2D eigenvalue weighted by Crippen LogP contribution is -2.27. The van der Waals surface area contributed by atoms with Gasteiger partial charge in [-0.25, -0.2) is 4.85 Å². The number of nitrogens with zero attached hydrogens (tertiary/aromatic N) is 1. The Morgan fingerprint density at radius 1 is 1.11 bits per heavy atom. The number of amides is 1. The Hall–Kier alpha value is -3.85. The highest BCUT2D eigenvalue weighted by molar-refractivity contribution is 5.94. The van der Waals surface area contributed by atoms with Crippen molar-refractivity contribution in [3.05, 3.63) is 98.8 Å². The molecule has 1 aromatic heterocycles. The summed E-state index contributed by atoms with van der Waals surface area (Å²) < 4.78 is 5.75. The molecular formula is C22H19N3O3. The molecule has 0 saturated carbocycles. The van der Waals surface area contributed by atoms with Crippen LogP contribution in [0.15, 0.2) is 59.4 Å². The average Bonchev–Trinajstić information content (AvgIpc) is 2.67. The molecule has 0 radical (unpaired) electrons. The molecular weight excluding hydrogens is 354 g/mol. The molecule has 0 bridgehead atoms. The molecule has 2 aromatic carbocycles. The standard InChI is InChI=1S/C22H19N3O3/c1-14-10-15(2)25-22(27)20(14)13-24-21(26)16-6-4-8-18(11-16)28-19-9-5-7-17(12-19)23-3/h4-12H,13H2,1-2H3,(H,24,26)(H,25,27). The minimum Gasteiger partial charge on any atom is -0.459 e. The van der Waals surface area contributed by atoms with Crippen molar-refractivity contribution in [1.29, 1.82) is 0 Å². The second-order valence-electron chi connectivity index (χ2n) is 6.36. The van der Waals surface area contributed by atoms with E-state index in [2.05, 4.69) is 15.1 Å². The summed E-state index contributed by atoms with van der Waals surface area (Å²) in [5.74, 6) is 0.701. The number of aryl methyl sites for hydroxylation is 2. The van der Waals surface area contributed by atoms with Gasteiger partial charge in [0.15, 0.2) is 5.69 Å². The van der Waals surface area contributed by atoms with Gasteiger partial charge < -0.3 is 15.0 Å². The molecule has 0 unspecified atom stereocenters. The zero-order chi connectivity index (χ0) is 20.1. The monoisotopic (exact) mass is 373 g/mol. The van der Waals surface area contributed by atoms with Crippen molar-refractivity contribution in [2.24, 2.45) is 0 Å². The van der Waals surface area contributed by atoms with Crippen molar-refractivity contribution in [2.75, 3.05) is 0 Å². The van der Waals surface area contributed by atoms with Gasteiger partial charge in [-0.3, -0.25) is 9.59 Å². The van der Waals surface area contributed by atoms with Crippen molar-refractivity contribution in [3.8, 4) is 11.5 Å². The molecule has 2 N–H and O–H groups in total. The molecule has 0 fully saturated rings. The van der Waals surface area contributed by atoms with E-state index in [9.17, 15) is 9.59 Å². The van der Waals surface area contributed by atoms with Gasteiger partial charge in [0.2, 0.25) is 0 Å². The minimum atomic E-state index is -0.306. The molecule has 6 heteroatoms. The van der Waals surface area contributed by atoms with Crippen LogP contribution in [0.5, 0.6) is 11.5 Å². The van der Waals surface area contributed by atoms with E-state index >= 15 is 0 Å². The number of aromatic nitrogens is 1. The van der Waals surface area contributed by atoms with Crippen molar-refractivity contribution in [2.45, 2.75) is 20.4 Å². The molecule has 1 amide bonds. The Bertz CT molecular complexity index is 1130. The number of hydrogen-bond acceptors (Lipinski definition) is 3. The van der Waals surface area contributed by atoms with Crippen molar-refractivity contribution < 1.29 is 9.53 Å². The molecule has 1 heterocycles. The Morgan fingerprint density at radius 2 is 1.82 bits per heavy atom. The highest BCUT2D eigenvalue weighted by Crippen LogP contribution is 2.26. The van der Waals surface area contributed by atoms with Gasteiger partial charge in [-0.2, -0.15) is 0 Å². The molecule has 3 aromatic rings. The fraction of sp³-hybridized carbons (Fsp3) is 0.136. The van der Waals surface area contributed by atoms with Crippen molar-refractivity contribution in [1.82, 2.24) is 10.3 Å². The fourth-order valence-corrected chi connectivity index (χ4v) is 2.83. The molecule has 0 atom stereocenters. The van der Waals surface area contributed by atoms with Crippen molar-refractivity contribution in [3.63, 3.8) is 0 Å². The number of pyridine rings is 1. The van der Waals surface area contributed by atoms with Crippen LogP contribution in [0, 0.1) is 20.4 Å². The number of benzene rings is 2. The second-order valence-corrected chi connectivity index (χ2v) is 6.36. The molecule has 0 aliphatic carbocycles. The molecule has 0 spiro atoms. The summed E-state index contributed by atoms with van der Waals surface area (Å²) in [7, 11) is 0. The van der Waals surface area contributed by atoms with E-state index < -0.39 is 0 Å². The Balaban J connectivity index is 1.72. The minimum absolute atomic E-state index is 0.137. The second kappa shape index (κ2) is 8.23. The van der Waals surface area contributed by atoms with E-state index in [1.54, 1.807) is 48.5 Å². The largest absolute Gasteiger partial charge is 0.459 e. The number of H-pyrrole nitrogens is 1. The van der Waals surface area contributed by atoms with Crippen LogP contribution in [-0.4, -0.2) is 10.9 Å². The number of carbonyl (C=O) groups excluding carboxylic acids is 1. The first-order valence-electron chi connectivity index (χ1n) is 8.69. The highest BCUT2D eigenvalue weighted by atomic mass is 16.5. The summed E-state index contributed by atoms with van der Waals surface area (Å²) in [5, 5.41) is 2.77. The first-order valence-corrected chi connectivity index (χ1v) is 8.69. The summed E-state index contributed by atoms with van der Waals surface area (Å²) in [6, 6.07) is 15.4. The van der Waals surface area contributed by atoms with Gasteiger partial charge in [0.1, 0.15) is 11.5 Å². The summed E-state index contributed by atoms with van der Waals surface area (Å²) in [5.41, 5.74) is 2.84. The summed E-state index contributed by atoms with van der Waals surface area (Å²) in [6.45, 7) is 10.9. The van der Waals surface area contributed by atoms with E-state index in [1.165, 1.54) is 0 Å². The van der Waals surface area contributed by atoms with E-state index in [-0.39, 0.29) is 18.0 Å². The first-order chi connectivity index (χ1) is 13.5. The Labute approximate surface area is 162 Å². The quantitative estimate of drug-likeness (QED) is 0.656. The average molecular weight is 373 g/mol. The summed E-state index contributed by atoms with van der Waals surface area (Å²) in [4.78, 5) is 30.7. The molecule has 140 valence electrons. The lowest BCUT2D eigenvalue weighted by atomic mass is 10.1. The molecule has 28 heavy (non-hydrogen) atoms. The third kappa shape index (κ3) is 4.46. The number of rotatable bonds is 5. The molecule has 0 aliphatic heterocycles. The SMILES string of the molecule is [C-]#[N+]c1cccc(Oc2cccc(C(=O)NCc3c(C)cc(C)[nH]c3=O)c2)c1. The van der Waals surface area contributed by atoms with E-state index in [4.69, 9.17) is 11.3 Å². The van der Waals surface area contributed by atoms with Crippen LogP contribution in [0.3, 0.4) is 0 Å². The van der Waals surface area contributed by atoms with Gasteiger partial charge in [0, 0.05) is 23.4 Å². The predicted molar refractivity (Wildman–Crippen MR) is 107 cm³/mol. The summed E-state index contributed by atoms with van der Waals surface area (Å²) >= 11 is 0. The van der Waals surface area contributed by atoms with Gasteiger partial charge in [-0.15, -0.1) is 0 Å². The third-order valence-electron chi connectivity index (χ3n) is 4.20. The van der Waals surface area contributed by atoms with Gasteiger partial charge in [-0.1, -0.05) is 18.2 Å². The maximum absolute atomic E-state index is 12.5. The van der Waals surface area contributed by atoms with Crippen LogP contribution in [-0.2, 0) is 6.54 Å². The van der Waals surface area contributed by atoms with E-state index in [0.717, 1.165) is 11.3 Å². The molecule has 0 aliphatic rings. The van der Waals surface area contributed by atoms with Crippen LogP contribution in [0.25, 0.3) is 4.85 Å². The van der Waals surface area contributed by atoms with E-state index in [0.29, 0.717) is 28.3 Å². The van der Waals surface area contributed by atoms with Gasteiger partial charge in [0.05, 0.1) is 6.57 Å². The molecule has 0 saturated heterocycles. The van der Waals surface area contributed by atoms with Crippen LogP contribution >= 0.6 is 0 Å². The maximum Gasteiger partial charge on any atom is 0.253 e. The number of hydrogen-bond donors (Lipinski definition) is 2. The zero-order valence-electron chi connectivity index (χ0n) is 15.6. The number of carbonyl (C=O) groups is 1. The topological polar surface area (TPSA) is 75.5 Å². The van der Waals surface area contributed by atoms with E-state index in [1.807, 2.05) is 19.9 Å². The number of aromatic amines is 1. The Kier molecular flexibility index (Phi) is 5.56. The fourth-order valence-electron chi connectivity index (χ4n) is 2.83. The van der Waals surface area contributed by atoms with Gasteiger partial charge in [0.25, 0.3) is 11.5 Å². The Morgan fingerprint density at radius 3 is 2.54 bits per heavy atom. The maximum atomic E-state index is 12.5. The molecule has 3 rings (SSSR count). The predicted octanol–water partition coefficient (Wildman–Crippen LogP) is 4.26. The van der Waals surface area contributed by atoms with Crippen LogP contribution in [0.4, 0.5) is 5.69 Å². The highest BCUT2D eigenvalue weighted by Gasteiger charge is 2.10. The lowest BCUT2D eigenvalue weighted by Gasteiger charge is -2.10. The van der Waals surface area contributed by atoms with Crippen molar-refractivity contribution >= 4 is 11.6 Å². The molecule has 6 nitrogen and oxygen atoms in total. The summed E-state index contributed by atoms with van der Waals surface area (Å²) in [6.07, 6.45) is 0. The van der Waals surface area contributed by atoms with Crippen LogP contribution < -0.4 is 15.6 Å². The smallest absolute Gasteiger partial charge is 0.253 e. The number of ether oxygens (including phenoxy) is 1. The first kappa shape index (κ1) is 18.9. The van der Waals surface area contributed by atoms with Gasteiger partial charge in [-0.05, 0) is 55.8 Å². The van der Waals surface area contributed by atoms with Gasteiger partial charge >= 0.3 is 0 Å². The van der Waals surface area contributed by atoms with Crippen LogP contribution in [0.1, 0.15) is 27.2 Å². The normalized spacial score (nSPS) is 10.2. The number of nitrogens with one attached hydrogen (secondary N) is 2. The lowest BCUT2D eigenvalue weighted by molar-refractivity contribution is 0.0950. The third-order valence-corrected chi connectivity index (χ3v) is 4.20. The van der Waals surface area contributed by atoms with Crippen LogP contribution in [0.2, 0.25) is 0 Å².